The molecule has 0 aliphatic rings. The van der Waals surface area contributed by atoms with Crippen LogP contribution in [0.1, 0.15) is 21.6 Å². The zero-order valence-corrected chi connectivity index (χ0v) is 7.69. The van der Waals surface area contributed by atoms with Crippen molar-refractivity contribution in [3.8, 4) is 0 Å². The first-order valence-electron chi connectivity index (χ1n) is 4.55. The molecule has 0 saturated carbocycles. The van der Waals surface area contributed by atoms with Gasteiger partial charge in [-0.1, -0.05) is 13.8 Å². The van der Waals surface area contributed by atoms with Gasteiger partial charge in [0.15, 0.2) is 0 Å². The highest BCUT2D eigenvalue weighted by Crippen LogP contribution is 2.04. The second-order valence-electron chi connectivity index (χ2n) is 3.04. The molecule has 13 heavy (non-hydrogen) atoms. The first-order valence-corrected chi connectivity index (χ1v) is 3.97. The maximum atomic E-state index is 10.7. The van der Waals surface area contributed by atoms with Gasteiger partial charge >= 0.3 is 5.97 Å². The van der Waals surface area contributed by atoms with Crippen LogP contribution in [0.5, 0.6) is 0 Å². The van der Waals surface area contributed by atoms with Crippen molar-refractivity contribution in [1.29, 1.82) is 0 Å². The summed E-state index contributed by atoms with van der Waals surface area (Å²) in [5, 5.41) is 11.1. The molecule has 0 rings (SSSR count). The number of ether oxygens (including phenoxy) is 1. The Hall–Kier alpha value is -1.10. The number of hydrogen-bond acceptors (Lipinski definition) is 4. The van der Waals surface area contributed by atoms with Gasteiger partial charge in [-0.3, -0.25) is 14.9 Å². The Morgan fingerprint density at radius 1 is 1.77 bits per heavy atom. The molecular weight excluding hydrogens is 174 g/mol. The number of carboxylic acid groups (broad SMARTS) is 1. The molecule has 2 N–H and O–H groups in total. The highest BCUT2D eigenvalue weighted by molar-refractivity contribution is 5.73. The van der Waals surface area contributed by atoms with E-state index < -0.39 is 18.7 Å². The molecule has 0 amide bonds. The third-order valence-corrected chi connectivity index (χ3v) is 1.40. The molecule has 0 aliphatic heterocycles. The van der Waals surface area contributed by atoms with E-state index in [-0.39, 0.29) is 12.4 Å². The second kappa shape index (κ2) is 6.42. The van der Waals surface area contributed by atoms with Crippen LogP contribution >= 0.6 is 0 Å². The fourth-order valence-corrected chi connectivity index (χ4v) is 0.861. The number of carbonyl (C=O) groups is 2. The normalized spacial score (nSPS) is 16.1. The summed E-state index contributed by atoms with van der Waals surface area (Å²) in [6, 6.07) is -0.863. The van der Waals surface area contributed by atoms with Gasteiger partial charge in [-0.2, -0.15) is 0 Å². The predicted molar refractivity (Wildman–Crippen MR) is 46.0 cm³/mol. The van der Waals surface area contributed by atoms with Crippen molar-refractivity contribution in [3.63, 3.8) is 0 Å². The van der Waals surface area contributed by atoms with Gasteiger partial charge < -0.3 is 9.84 Å². The summed E-state index contributed by atoms with van der Waals surface area (Å²) < 4.78 is 11.3. The number of carboxylic acids is 1. The van der Waals surface area contributed by atoms with Gasteiger partial charge in [0.1, 0.15) is 12.7 Å². The number of hydrogen-bond donors (Lipinski definition) is 2. The van der Waals surface area contributed by atoms with E-state index in [4.69, 9.17) is 6.48 Å². The zero-order valence-electron chi connectivity index (χ0n) is 8.69. The van der Waals surface area contributed by atoms with Gasteiger partial charge in [0.05, 0.1) is 1.37 Å². The highest BCUT2D eigenvalue weighted by Gasteiger charge is 2.17. The average molecular weight is 190 g/mol. The van der Waals surface area contributed by atoms with Gasteiger partial charge in [0, 0.05) is 0 Å². The number of nitrogens with one attached hydrogen (secondary N) is 1. The predicted octanol–water partition coefficient (Wildman–Crippen LogP) is 0.206. The molecule has 0 fully saturated rings. The van der Waals surface area contributed by atoms with Crippen molar-refractivity contribution in [1.82, 2.24) is 5.32 Å². The van der Waals surface area contributed by atoms with E-state index >= 15 is 0 Å². The summed E-state index contributed by atoms with van der Waals surface area (Å²) in [7, 11) is 0. The minimum absolute atomic E-state index is 0.110. The van der Waals surface area contributed by atoms with E-state index in [1.807, 2.05) is 13.8 Å². The minimum Gasteiger partial charge on any atom is -0.480 e. The second-order valence-corrected chi connectivity index (χ2v) is 3.04. The van der Waals surface area contributed by atoms with E-state index in [0.29, 0.717) is 6.42 Å². The molecule has 0 aromatic carbocycles. The Labute approximate surface area is 78.5 Å². The molecule has 0 aromatic heterocycles. The Kier molecular flexibility index (Phi) is 4.93. The number of rotatable bonds is 7. The first kappa shape index (κ1) is 9.98. The number of carbonyl (C=O) groups excluding carboxylic acids is 1. The lowest BCUT2D eigenvalue weighted by Crippen LogP contribution is -2.38. The molecule has 0 saturated heterocycles. The van der Waals surface area contributed by atoms with Crippen LogP contribution in [0.15, 0.2) is 0 Å². The van der Waals surface area contributed by atoms with E-state index in [1.54, 1.807) is 0 Å². The molecule has 2 atom stereocenters. The Balaban J connectivity index is 4.08. The van der Waals surface area contributed by atoms with E-state index in [1.165, 1.54) is 0 Å². The summed E-state index contributed by atoms with van der Waals surface area (Å²) in [5.41, 5.74) is 0. The van der Waals surface area contributed by atoms with Crippen LogP contribution in [0.2, 0.25) is 0 Å². The topological polar surface area (TPSA) is 75.6 Å². The maximum Gasteiger partial charge on any atom is 0.320 e. The van der Waals surface area contributed by atoms with Crippen LogP contribution in [0, 0.1) is 5.92 Å². The summed E-state index contributed by atoms with van der Waals surface area (Å²) in [4.78, 5) is 20.5. The third-order valence-electron chi connectivity index (χ3n) is 1.40. The standard InChI is InChI=1S/C8H15NO4/c1-6(2)3-7(8(11)12)9-4-13-5-10/h5-7,9H,3-4H2,1-2H3,(H,11,12)/t7-/m0/s1/i4D/t4?,7-. The number of aliphatic carboxylic acids is 1. The third kappa shape index (κ3) is 6.10. The molecule has 1 unspecified atom stereocenters. The van der Waals surface area contributed by atoms with Crippen molar-refractivity contribution in [3.05, 3.63) is 0 Å². The quantitative estimate of drug-likeness (QED) is 0.443. The van der Waals surface area contributed by atoms with Crippen LogP contribution < -0.4 is 5.32 Å². The molecule has 0 heterocycles. The van der Waals surface area contributed by atoms with Crippen LogP contribution in [-0.2, 0) is 14.3 Å². The SMILES string of the molecule is [2H]C(N[C@@H](CC(C)C)C(=O)O)OC=O. The van der Waals surface area contributed by atoms with Crippen LogP contribution in [0.3, 0.4) is 0 Å². The summed E-state index contributed by atoms with van der Waals surface area (Å²) >= 11 is 0. The summed E-state index contributed by atoms with van der Waals surface area (Å²) in [5.74, 6) is -0.863. The average Bonchev–Trinajstić information content (AvgIpc) is 2.02. The van der Waals surface area contributed by atoms with Gasteiger partial charge in [0.2, 0.25) is 0 Å². The monoisotopic (exact) mass is 190 g/mol. The van der Waals surface area contributed by atoms with Gasteiger partial charge in [0.25, 0.3) is 6.47 Å². The summed E-state index contributed by atoms with van der Waals surface area (Å²) in [6.45, 7) is 2.53. The lowest BCUT2D eigenvalue weighted by atomic mass is 10.0. The lowest BCUT2D eigenvalue weighted by molar-refractivity contribution is -0.142. The molecule has 0 aromatic rings. The van der Waals surface area contributed by atoms with Gasteiger partial charge in [-0.05, 0) is 12.3 Å². The first-order chi connectivity index (χ1) is 6.47. The van der Waals surface area contributed by atoms with Crippen LogP contribution in [0.25, 0.3) is 0 Å². The largest absolute Gasteiger partial charge is 0.480 e. The van der Waals surface area contributed by atoms with E-state index in [0.717, 1.165) is 0 Å². The maximum absolute atomic E-state index is 10.7. The minimum atomic E-state index is -1.33. The molecule has 0 radical (unpaired) electrons. The van der Waals surface area contributed by atoms with Crippen molar-refractivity contribution in [2.75, 3.05) is 6.71 Å². The molecule has 5 nitrogen and oxygen atoms in total. The molecule has 76 valence electrons. The molecule has 0 aliphatic carbocycles. The van der Waals surface area contributed by atoms with Crippen molar-refractivity contribution in [2.45, 2.75) is 26.3 Å². The summed E-state index contributed by atoms with van der Waals surface area (Å²) in [6.07, 6.45) is 0.382. The zero-order chi connectivity index (χ0) is 11.1. The molecule has 5 heteroatoms. The van der Waals surface area contributed by atoms with Crippen molar-refractivity contribution < 1.29 is 20.8 Å². The lowest BCUT2D eigenvalue weighted by Gasteiger charge is -2.15. The van der Waals surface area contributed by atoms with Gasteiger partial charge in [-0.15, -0.1) is 0 Å². The van der Waals surface area contributed by atoms with Crippen LogP contribution in [0.4, 0.5) is 0 Å². The fourth-order valence-electron chi connectivity index (χ4n) is 0.861. The Morgan fingerprint density at radius 2 is 2.38 bits per heavy atom. The van der Waals surface area contributed by atoms with Crippen molar-refractivity contribution >= 4 is 12.4 Å². The van der Waals surface area contributed by atoms with E-state index in [2.05, 4.69) is 10.1 Å². The molecule has 0 spiro atoms. The molecular formula is C8H15NO4. The smallest absolute Gasteiger partial charge is 0.320 e. The Bertz CT molecular complexity index is 198. The van der Waals surface area contributed by atoms with Crippen LogP contribution in [-0.4, -0.2) is 30.3 Å². The highest BCUT2D eigenvalue weighted by atomic mass is 16.5. The fraction of sp³-hybridized carbons (Fsp3) is 0.750. The van der Waals surface area contributed by atoms with Gasteiger partial charge in [-0.25, -0.2) is 0 Å². The van der Waals surface area contributed by atoms with Crippen molar-refractivity contribution in [2.24, 2.45) is 5.92 Å². The Morgan fingerprint density at radius 3 is 2.77 bits per heavy atom. The van der Waals surface area contributed by atoms with E-state index in [9.17, 15) is 9.59 Å². The molecule has 0 bridgehead atoms.